The van der Waals surface area contributed by atoms with E-state index in [0.29, 0.717) is 0 Å². The van der Waals surface area contributed by atoms with Gasteiger partial charge in [0.05, 0.1) is 14.2 Å². The molecule has 158 valence electrons. The van der Waals surface area contributed by atoms with E-state index >= 15 is 0 Å². The van der Waals surface area contributed by atoms with E-state index in [1.54, 1.807) is 12.1 Å². The Morgan fingerprint density at radius 2 is 0.844 bits per heavy atom. The maximum atomic E-state index is 14.6. The molecule has 0 aliphatic heterocycles. The molecule has 0 atom stereocenters. The Kier molecular flexibility index (Phi) is 4.98. The van der Waals surface area contributed by atoms with E-state index in [0.717, 1.165) is 43.8 Å². The first-order valence-corrected chi connectivity index (χ1v) is 10.2. The SMILES string of the molecule is COc1ccc(-c2c3ccccc3c(-c3ccc(OC)c(F)c3)c3ccccc23)cc1F. The molecule has 0 saturated carbocycles. The van der Waals surface area contributed by atoms with E-state index < -0.39 is 11.6 Å². The minimum absolute atomic E-state index is 0.202. The van der Waals surface area contributed by atoms with E-state index in [1.807, 2.05) is 60.7 Å². The van der Waals surface area contributed by atoms with Gasteiger partial charge in [-0.15, -0.1) is 0 Å². The molecule has 5 rings (SSSR count). The highest BCUT2D eigenvalue weighted by Crippen LogP contribution is 2.44. The van der Waals surface area contributed by atoms with E-state index in [9.17, 15) is 8.78 Å². The summed E-state index contributed by atoms with van der Waals surface area (Å²) in [4.78, 5) is 0. The highest BCUT2D eigenvalue weighted by Gasteiger charge is 2.18. The Morgan fingerprint density at radius 1 is 0.500 bits per heavy atom. The number of methoxy groups -OCH3 is 2. The molecule has 0 N–H and O–H groups in total. The summed E-state index contributed by atoms with van der Waals surface area (Å²) in [5.74, 6) is -0.431. The molecule has 0 aromatic heterocycles. The third-order valence-electron chi connectivity index (χ3n) is 5.81. The number of hydrogen-bond donors (Lipinski definition) is 0. The molecule has 0 radical (unpaired) electrons. The lowest BCUT2D eigenvalue weighted by atomic mass is 9.86. The van der Waals surface area contributed by atoms with E-state index in [2.05, 4.69) is 0 Å². The normalized spacial score (nSPS) is 11.1. The molecule has 5 aromatic carbocycles. The summed E-state index contributed by atoms with van der Waals surface area (Å²) in [5.41, 5.74) is 3.36. The summed E-state index contributed by atoms with van der Waals surface area (Å²) in [5, 5.41) is 3.84. The Bertz CT molecular complexity index is 1310. The lowest BCUT2D eigenvalue weighted by Crippen LogP contribution is -1.94. The van der Waals surface area contributed by atoms with Crippen molar-refractivity contribution in [2.75, 3.05) is 14.2 Å². The van der Waals surface area contributed by atoms with Crippen LogP contribution in [0.5, 0.6) is 11.5 Å². The quantitative estimate of drug-likeness (QED) is 0.275. The number of benzene rings is 5. The van der Waals surface area contributed by atoms with Gasteiger partial charge in [0.2, 0.25) is 0 Å². The average molecular weight is 426 g/mol. The van der Waals surface area contributed by atoms with Crippen molar-refractivity contribution in [3.8, 4) is 33.8 Å². The lowest BCUT2D eigenvalue weighted by molar-refractivity contribution is 0.386. The fourth-order valence-corrected chi connectivity index (χ4v) is 4.39. The number of ether oxygens (including phenoxy) is 2. The third kappa shape index (κ3) is 3.16. The Hall–Kier alpha value is -3.92. The van der Waals surface area contributed by atoms with E-state index in [4.69, 9.17) is 9.47 Å². The standard InChI is InChI=1S/C28H20F2O2/c1-31-25-13-11-17(15-23(25)29)27-19-7-3-5-9-21(19)28(22-10-6-4-8-20(22)27)18-12-14-26(32-2)24(30)16-18/h3-16H,1-2H3. The Morgan fingerprint density at radius 3 is 1.12 bits per heavy atom. The van der Waals surface area contributed by atoms with Gasteiger partial charge >= 0.3 is 0 Å². The molecule has 5 aromatic rings. The lowest BCUT2D eigenvalue weighted by Gasteiger charge is -2.18. The number of hydrogen-bond acceptors (Lipinski definition) is 2. The van der Waals surface area contributed by atoms with Gasteiger partial charge in [0.15, 0.2) is 23.1 Å². The van der Waals surface area contributed by atoms with Gasteiger partial charge < -0.3 is 9.47 Å². The Balaban J connectivity index is 1.90. The predicted octanol–water partition coefficient (Wildman–Crippen LogP) is 7.62. The summed E-state index contributed by atoms with van der Waals surface area (Å²) in [6, 6.07) is 25.9. The summed E-state index contributed by atoms with van der Waals surface area (Å²) in [7, 11) is 2.90. The molecular weight excluding hydrogens is 406 g/mol. The first-order chi connectivity index (χ1) is 15.6. The van der Waals surface area contributed by atoms with E-state index in [1.165, 1.54) is 26.4 Å². The van der Waals surface area contributed by atoms with Crippen LogP contribution in [0.4, 0.5) is 8.78 Å². The van der Waals surface area contributed by atoms with Gasteiger partial charge in [-0.25, -0.2) is 8.78 Å². The number of rotatable bonds is 4. The predicted molar refractivity (Wildman–Crippen MR) is 125 cm³/mol. The maximum Gasteiger partial charge on any atom is 0.165 e. The zero-order chi connectivity index (χ0) is 22.2. The number of fused-ring (bicyclic) bond motifs is 2. The minimum atomic E-state index is -0.417. The molecule has 0 spiro atoms. The fourth-order valence-electron chi connectivity index (χ4n) is 4.39. The van der Waals surface area contributed by atoms with Gasteiger partial charge in [0.25, 0.3) is 0 Å². The highest BCUT2D eigenvalue weighted by molar-refractivity contribution is 6.21. The highest BCUT2D eigenvalue weighted by atomic mass is 19.1. The molecular formula is C28H20F2O2. The van der Waals surface area contributed by atoms with Crippen LogP contribution in [0.2, 0.25) is 0 Å². The smallest absolute Gasteiger partial charge is 0.165 e. The summed E-state index contributed by atoms with van der Waals surface area (Å²) >= 11 is 0. The van der Waals surface area contributed by atoms with E-state index in [-0.39, 0.29) is 11.5 Å². The molecule has 4 heteroatoms. The molecule has 0 bridgehead atoms. The maximum absolute atomic E-state index is 14.6. The summed E-state index contributed by atoms with van der Waals surface area (Å²) in [6.45, 7) is 0. The van der Waals surface area contributed by atoms with Crippen LogP contribution in [0.3, 0.4) is 0 Å². The van der Waals surface area contributed by atoms with Gasteiger partial charge in [-0.3, -0.25) is 0 Å². The second-order valence-electron chi connectivity index (χ2n) is 7.54. The largest absolute Gasteiger partial charge is 0.494 e. The minimum Gasteiger partial charge on any atom is -0.494 e. The van der Waals surface area contributed by atoms with Crippen LogP contribution >= 0.6 is 0 Å². The van der Waals surface area contributed by atoms with Crippen molar-refractivity contribution in [2.24, 2.45) is 0 Å². The van der Waals surface area contributed by atoms with Crippen molar-refractivity contribution in [2.45, 2.75) is 0 Å². The van der Waals surface area contributed by atoms with Crippen molar-refractivity contribution in [3.63, 3.8) is 0 Å². The molecule has 0 amide bonds. The van der Waals surface area contributed by atoms with Crippen LogP contribution in [0.1, 0.15) is 0 Å². The number of halogens is 2. The average Bonchev–Trinajstić information content (AvgIpc) is 2.82. The Labute approximate surface area is 184 Å². The van der Waals surface area contributed by atoms with Crippen molar-refractivity contribution < 1.29 is 18.3 Å². The molecule has 0 aliphatic rings. The van der Waals surface area contributed by atoms with Gasteiger partial charge in [0.1, 0.15) is 0 Å². The molecule has 0 unspecified atom stereocenters. The molecule has 0 saturated heterocycles. The summed E-state index contributed by atoms with van der Waals surface area (Å²) in [6.07, 6.45) is 0. The zero-order valence-corrected chi connectivity index (χ0v) is 17.7. The van der Waals surface area contributed by atoms with Gasteiger partial charge in [0, 0.05) is 0 Å². The second kappa shape index (κ2) is 7.97. The van der Waals surface area contributed by atoms with Gasteiger partial charge in [-0.1, -0.05) is 60.7 Å². The van der Waals surface area contributed by atoms with Crippen LogP contribution in [-0.2, 0) is 0 Å². The monoisotopic (exact) mass is 426 g/mol. The molecule has 0 aliphatic carbocycles. The second-order valence-corrected chi connectivity index (χ2v) is 7.54. The molecule has 32 heavy (non-hydrogen) atoms. The van der Waals surface area contributed by atoms with Crippen molar-refractivity contribution in [3.05, 3.63) is 96.6 Å². The van der Waals surface area contributed by atoms with Crippen molar-refractivity contribution in [1.29, 1.82) is 0 Å². The third-order valence-corrected chi connectivity index (χ3v) is 5.81. The first kappa shape index (κ1) is 20.0. The summed E-state index contributed by atoms with van der Waals surface area (Å²) < 4.78 is 39.4. The topological polar surface area (TPSA) is 18.5 Å². The van der Waals surface area contributed by atoms with Crippen LogP contribution in [0.15, 0.2) is 84.9 Å². The van der Waals surface area contributed by atoms with Gasteiger partial charge in [-0.05, 0) is 68.1 Å². The fraction of sp³-hybridized carbons (Fsp3) is 0.0714. The zero-order valence-electron chi connectivity index (χ0n) is 17.7. The first-order valence-electron chi connectivity index (χ1n) is 10.2. The van der Waals surface area contributed by atoms with Crippen molar-refractivity contribution in [1.82, 2.24) is 0 Å². The molecule has 0 heterocycles. The van der Waals surface area contributed by atoms with Crippen molar-refractivity contribution >= 4 is 21.5 Å². The van der Waals surface area contributed by atoms with Crippen LogP contribution in [-0.4, -0.2) is 14.2 Å². The van der Waals surface area contributed by atoms with Crippen LogP contribution < -0.4 is 9.47 Å². The van der Waals surface area contributed by atoms with Crippen LogP contribution in [0.25, 0.3) is 43.8 Å². The van der Waals surface area contributed by atoms with Crippen LogP contribution in [0, 0.1) is 11.6 Å². The molecule has 0 fully saturated rings. The molecule has 2 nitrogen and oxygen atoms in total. The van der Waals surface area contributed by atoms with Gasteiger partial charge in [-0.2, -0.15) is 0 Å².